The average Bonchev–Trinajstić information content (AvgIpc) is 3.36. The summed E-state index contributed by atoms with van der Waals surface area (Å²) in [5, 5.41) is 16.6. The molecule has 3 aromatic rings. The molecule has 27 heavy (non-hydrogen) atoms. The Balaban J connectivity index is 1.83. The zero-order valence-electron chi connectivity index (χ0n) is 15.2. The van der Waals surface area contributed by atoms with E-state index in [1.807, 2.05) is 29.8 Å². The van der Waals surface area contributed by atoms with Crippen molar-refractivity contribution in [3.8, 4) is 5.13 Å². The number of pyridine rings is 1. The summed E-state index contributed by atoms with van der Waals surface area (Å²) in [5.41, 5.74) is 4.35. The molecule has 4 rings (SSSR count). The predicted octanol–water partition coefficient (Wildman–Crippen LogP) is 2.91. The van der Waals surface area contributed by atoms with E-state index in [1.54, 1.807) is 17.5 Å². The van der Waals surface area contributed by atoms with Crippen molar-refractivity contribution in [2.45, 2.75) is 25.9 Å². The first-order valence-electron chi connectivity index (χ1n) is 8.79. The van der Waals surface area contributed by atoms with Crippen molar-refractivity contribution in [1.82, 2.24) is 24.8 Å². The van der Waals surface area contributed by atoms with Crippen LogP contribution in [0, 0.1) is 13.8 Å². The highest BCUT2D eigenvalue weighted by Crippen LogP contribution is 2.41. The van der Waals surface area contributed by atoms with E-state index in [0.29, 0.717) is 11.7 Å². The van der Waals surface area contributed by atoms with Crippen LogP contribution in [0.1, 0.15) is 34.7 Å². The van der Waals surface area contributed by atoms with Crippen molar-refractivity contribution >= 4 is 28.7 Å². The highest BCUT2D eigenvalue weighted by molar-refractivity contribution is 7.80. The summed E-state index contributed by atoms with van der Waals surface area (Å²) < 4.78 is 2.17. The molecule has 140 valence electrons. The molecule has 0 spiro atoms. The van der Waals surface area contributed by atoms with Crippen LogP contribution in [-0.2, 0) is 0 Å². The SMILES string of the molecule is Cc1cc(C2C(c3ccccn3)NC(=S)N2CCO)c(C)n1-c1nccs1. The van der Waals surface area contributed by atoms with E-state index < -0.39 is 0 Å². The summed E-state index contributed by atoms with van der Waals surface area (Å²) in [6, 6.07) is 7.98. The van der Waals surface area contributed by atoms with E-state index in [2.05, 4.69) is 44.7 Å². The van der Waals surface area contributed by atoms with Gasteiger partial charge in [0.2, 0.25) is 0 Å². The fourth-order valence-corrected chi connectivity index (χ4v) is 4.88. The van der Waals surface area contributed by atoms with Gasteiger partial charge < -0.3 is 15.3 Å². The van der Waals surface area contributed by atoms with E-state index >= 15 is 0 Å². The first-order chi connectivity index (χ1) is 13.1. The Labute approximate surface area is 167 Å². The molecule has 6 nitrogen and oxygen atoms in total. The largest absolute Gasteiger partial charge is 0.395 e. The molecule has 0 amide bonds. The summed E-state index contributed by atoms with van der Waals surface area (Å²) in [7, 11) is 0. The second kappa shape index (κ2) is 7.38. The van der Waals surface area contributed by atoms with E-state index in [0.717, 1.165) is 22.2 Å². The Morgan fingerprint density at radius 2 is 2.11 bits per heavy atom. The first kappa shape index (κ1) is 18.1. The van der Waals surface area contributed by atoms with Gasteiger partial charge in [-0.25, -0.2) is 4.98 Å². The highest BCUT2D eigenvalue weighted by Gasteiger charge is 2.41. The smallest absolute Gasteiger partial charge is 0.193 e. The minimum atomic E-state index is -0.0736. The van der Waals surface area contributed by atoms with Gasteiger partial charge in [-0.1, -0.05) is 6.07 Å². The number of nitrogens with zero attached hydrogens (tertiary/aromatic N) is 4. The third-order valence-corrected chi connectivity index (χ3v) is 6.05. The standard InChI is InChI=1S/C19H21N5OS2/c1-12-11-14(13(2)24(12)19-21-7-10-27-19)17-16(15-5-3-4-6-20-15)22-18(26)23(17)8-9-25/h3-7,10-11,16-17,25H,8-9H2,1-2H3,(H,22,26). The molecule has 0 radical (unpaired) electrons. The third-order valence-electron chi connectivity index (χ3n) is 4.94. The molecule has 8 heteroatoms. The number of aryl methyl sites for hydroxylation is 1. The average molecular weight is 400 g/mol. The maximum Gasteiger partial charge on any atom is 0.193 e. The summed E-state index contributed by atoms with van der Waals surface area (Å²) >= 11 is 7.19. The summed E-state index contributed by atoms with van der Waals surface area (Å²) in [6.45, 7) is 4.71. The Morgan fingerprint density at radius 3 is 2.78 bits per heavy atom. The number of nitrogens with one attached hydrogen (secondary N) is 1. The molecular weight excluding hydrogens is 378 g/mol. The lowest BCUT2D eigenvalue weighted by atomic mass is 9.97. The summed E-state index contributed by atoms with van der Waals surface area (Å²) in [6.07, 6.45) is 3.62. The van der Waals surface area contributed by atoms with Crippen LogP contribution in [0.25, 0.3) is 5.13 Å². The number of thiazole rings is 1. The van der Waals surface area contributed by atoms with Gasteiger partial charge in [0.05, 0.1) is 24.4 Å². The molecule has 0 saturated carbocycles. The van der Waals surface area contributed by atoms with Crippen molar-refractivity contribution < 1.29 is 5.11 Å². The van der Waals surface area contributed by atoms with E-state index in [-0.39, 0.29) is 18.7 Å². The lowest BCUT2D eigenvalue weighted by molar-refractivity contribution is 0.223. The van der Waals surface area contributed by atoms with Gasteiger partial charge in [0.25, 0.3) is 0 Å². The molecule has 2 N–H and O–H groups in total. The lowest BCUT2D eigenvalue weighted by Gasteiger charge is -2.27. The number of β-amino-alcohol motifs (C(OH)–C–C–N with tert-alkyl or cyclic N) is 1. The number of aliphatic hydroxyl groups is 1. The van der Waals surface area contributed by atoms with Gasteiger partial charge in [-0.3, -0.25) is 9.55 Å². The van der Waals surface area contributed by atoms with Gasteiger partial charge in [0.1, 0.15) is 0 Å². The quantitative estimate of drug-likeness (QED) is 0.643. The van der Waals surface area contributed by atoms with Gasteiger partial charge in [-0.2, -0.15) is 0 Å². The lowest BCUT2D eigenvalue weighted by Crippen LogP contribution is -2.32. The van der Waals surface area contributed by atoms with Gasteiger partial charge in [-0.05, 0) is 49.8 Å². The molecule has 1 fully saturated rings. The fraction of sp³-hybridized carbons (Fsp3) is 0.316. The van der Waals surface area contributed by atoms with Gasteiger partial charge in [-0.15, -0.1) is 11.3 Å². The molecule has 0 aromatic carbocycles. The molecule has 1 aliphatic rings. The van der Waals surface area contributed by atoms with Crippen LogP contribution in [0.5, 0.6) is 0 Å². The molecule has 3 aromatic heterocycles. The monoisotopic (exact) mass is 399 g/mol. The normalized spacial score (nSPS) is 19.5. The number of aliphatic hydroxyl groups excluding tert-OH is 1. The Bertz CT molecular complexity index is 939. The maximum atomic E-state index is 9.59. The van der Waals surface area contributed by atoms with Crippen LogP contribution in [0.3, 0.4) is 0 Å². The van der Waals surface area contributed by atoms with Gasteiger partial charge in [0.15, 0.2) is 10.2 Å². The summed E-state index contributed by atoms with van der Waals surface area (Å²) in [4.78, 5) is 11.1. The van der Waals surface area contributed by atoms with E-state index in [9.17, 15) is 5.11 Å². The minimum Gasteiger partial charge on any atom is -0.395 e. The zero-order valence-corrected chi connectivity index (χ0v) is 16.8. The molecular formula is C19H21N5OS2. The van der Waals surface area contributed by atoms with Crippen molar-refractivity contribution in [2.24, 2.45) is 0 Å². The molecule has 1 saturated heterocycles. The van der Waals surface area contributed by atoms with Gasteiger partial charge in [0, 0.05) is 35.7 Å². The van der Waals surface area contributed by atoms with Crippen molar-refractivity contribution in [3.63, 3.8) is 0 Å². The highest BCUT2D eigenvalue weighted by atomic mass is 32.1. The van der Waals surface area contributed by atoms with E-state index in [4.69, 9.17) is 12.2 Å². The van der Waals surface area contributed by atoms with Crippen LogP contribution in [0.15, 0.2) is 42.0 Å². The predicted molar refractivity (Wildman–Crippen MR) is 110 cm³/mol. The van der Waals surface area contributed by atoms with Crippen LogP contribution < -0.4 is 5.32 Å². The molecule has 1 aliphatic heterocycles. The van der Waals surface area contributed by atoms with Crippen molar-refractivity contribution in [1.29, 1.82) is 0 Å². The van der Waals surface area contributed by atoms with Crippen molar-refractivity contribution in [3.05, 3.63) is 64.7 Å². The van der Waals surface area contributed by atoms with Crippen LogP contribution >= 0.6 is 23.6 Å². The third kappa shape index (κ3) is 3.13. The molecule has 2 unspecified atom stereocenters. The Hall–Kier alpha value is -2.29. The number of hydrogen-bond donors (Lipinski definition) is 2. The van der Waals surface area contributed by atoms with E-state index in [1.165, 1.54) is 5.56 Å². The Morgan fingerprint density at radius 1 is 1.26 bits per heavy atom. The fourth-order valence-electron chi connectivity index (χ4n) is 3.80. The number of thiocarbonyl (C=S) groups is 1. The first-order valence-corrected chi connectivity index (χ1v) is 10.1. The maximum absolute atomic E-state index is 9.59. The van der Waals surface area contributed by atoms with Crippen LogP contribution in [0.2, 0.25) is 0 Å². The summed E-state index contributed by atoms with van der Waals surface area (Å²) in [5.74, 6) is 0. The second-order valence-electron chi connectivity index (χ2n) is 6.52. The molecule has 0 bridgehead atoms. The van der Waals surface area contributed by atoms with Crippen LogP contribution in [-0.4, -0.2) is 42.8 Å². The zero-order chi connectivity index (χ0) is 19.0. The van der Waals surface area contributed by atoms with Crippen molar-refractivity contribution in [2.75, 3.05) is 13.2 Å². The second-order valence-corrected chi connectivity index (χ2v) is 7.78. The number of hydrogen-bond acceptors (Lipinski definition) is 5. The number of aromatic nitrogens is 3. The van der Waals surface area contributed by atoms with Gasteiger partial charge >= 0.3 is 0 Å². The molecule has 2 atom stereocenters. The molecule has 4 heterocycles. The minimum absolute atomic E-state index is 0.0402. The Kier molecular flexibility index (Phi) is 4.94. The molecule has 0 aliphatic carbocycles. The van der Waals surface area contributed by atoms with Crippen LogP contribution in [0.4, 0.5) is 0 Å². The topological polar surface area (TPSA) is 66.2 Å². The number of rotatable bonds is 5.